The van der Waals surface area contributed by atoms with Gasteiger partial charge in [-0.2, -0.15) is 0 Å². The van der Waals surface area contributed by atoms with E-state index in [4.69, 9.17) is 28.4 Å². The summed E-state index contributed by atoms with van der Waals surface area (Å²) in [4.78, 5) is 24.5. The van der Waals surface area contributed by atoms with Crippen LogP contribution in [0.15, 0.2) is 60.7 Å². The molecule has 0 aromatic heterocycles. The number of fused-ring (bicyclic) bond motifs is 1. The van der Waals surface area contributed by atoms with Gasteiger partial charge >= 0.3 is 11.9 Å². The number of benzene rings is 2. The highest BCUT2D eigenvalue weighted by atomic mass is 16.7. The van der Waals surface area contributed by atoms with Crippen molar-refractivity contribution < 1.29 is 38.0 Å². The van der Waals surface area contributed by atoms with Crippen molar-refractivity contribution in [1.29, 1.82) is 0 Å². The molecule has 2 heterocycles. The SMILES string of the molecule is COc1ccc(/C=C\C(=O)O[C@@H]2CO[C@H]3[C@@H]2OC[C@@H]3OC(=O)/C=C/c2ccc(OC)cc2)cc1. The molecule has 4 atom stereocenters. The van der Waals surface area contributed by atoms with Crippen molar-refractivity contribution >= 4 is 24.1 Å². The van der Waals surface area contributed by atoms with Crippen molar-refractivity contribution in [3.63, 3.8) is 0 Å². The summed E-state index contributed by atoms with van der Waals surface area (Å²) >= 11 is 0. The van der Waals surface area contributed by atoms with Crippen LogP contribution < -0.4 is 9.47 Å². The molecule has 0 spiro atoms. The van der Waals surface area contributed by atoms with Crippen molar-refractivity contribution in [2.24, 2.45) is 0 Å². The first kappa shape index (κ1) is 23.5. The molecule has 2 aromatic rings. The van der Waals surface area contributed by atoms with E-state index >= 15 is 0 Å². The summed E-state index contributed by atoms with van der Waals surface area (Å²) in [5.74, 6) is 0.463. The van der Waals surface area contributed by atoms with Gasteiger partial charge in [-0.3, -0.25) is 0 Å². The Morgan fingerprint density at radius 1 is 0.706 bits per heavy atom. The minimum atomic E-state index is -0.573. The Labute approximate surface area is 197 Å². The van der Waals surface area contributed by atoms with Crippen molar-refractivity contribution in [2.75, 3.05) is 27.4 Å². The Bertz CT molecular complexity index is 956. The van der Waals surface area contributed by atoms with Gasteiger partial charge in [-0.1, -0.05) is 24.3 Å². The zero-order chi connectivity index (χ0) is 23.9. The van der Waals surface area contributed by atoms with Crippen LogP contribution in [0.5, 0.6) is 11.5 Å². The Morgan fingerprint density at radius 3 is 1.44 bits per heavy atom. The fraction of sp³-hybridized carbons (Fsp3) is 0.308. The zero-order valence-corrected chi connectivity index (χ0v) is 18.9. The molecule has 2 aromatic carbocycles. The number of rotatable bonds is 8. The quantitative estimate of drug-likeness (QED) is 0.433. The summed E-state index contributed by atoms with van der Waals surface area (Å²) in [6.07, 6.45) is 3.91. The molecule has 0 N–H and O–H groups in total. The number of carbonyl (C=O) groups excluding carboxylic acids is 2. The summed E-state index contributed by atoms with van der Waals surface area (Å²) in [5, 5.41) is 0. The fourth-order valence-corrected chi connectivity index (χ4v) is 3.77. The summed E-state index contributed by atoms with van der Waals surface area (Å²) in [5.41, 5.74) is 1.68. The highest BCUT2D eigenvalue weighted by Gasteiger charge is 2.50. The van der Waals surface area contributed by atoms with Gasteiger partial charge in [0.2, 0.25) is 0 Å². The maximum absolute atomic E-state index is 12.3. The molecule has 0 bridgehead atoms. The van der Waals surface area contributed by atoms with Crippen LogP contribution in [-0.2, 0) is 28.5 Å². The minimum absolute atomic E-state index is 0.174. The molecule has 0 saturated carbocycles. The molecule has 0 amide bonds. The van der Waals surface area contributed by atoms with Gasteiger partial charge in [-0.05, 0) is 47.5 Å². The number of ether oxygens (including phenoxy) is 6. The van der Waals surface area contributed by atoms with E-state index in [1.54, 1.807) is 50.6 Å². The molecule has 2 aliphatic rings. The number of carbonyl (C=O) groups is 2. The summed E-state index contributed by atoms with van der Waals surface area (Å²) in [6.45, 7) is 0.348. The lowest BCUT2D eigenvalue weighted by Crippen LogP contribution is -2.35. The molecular weight excluding hydrogens is 440 g/mol. The predicted octanol–water partition coefficient (Wildman–Crippen LogP) is 3.05. The molecule has 0 aliphatic carbocycles. The van der Waals surface area contributed by atoms with Gasteiger partial charge < -0.3 is 28.4 Å². The fourth-order valence-electron chi connectivity index (χ4n) is 3.77. The van der Waals surface area contributed by atoms with Crippen molar-refractivity contribution in [3.05, 3.63) is 71.8 Å². The van der Waals surface area contributed by atoms with Crippen LogP contribution in [0.2, 0.25) is 0 Å². The molecule has 2 fully saturated rings. The Hall–Kier alpha value is -3.62. The summed E-state index contributed by atoms with van der Waals surface area (Å²) < 4.78 is 32.7. The number of methoxy groups -OCH3 is 2. The smallest absolute Gasteiger partial charge is 0.331 e. The average Bonchev–Trinajstić information content (AvgIpc) is 3.45. The van der Waals surface area contributed by atoms with Crippen LogP contribution in [0.25, 0.3) is 12.2 Å². The third kappa shape index (κ3) is 5.84. The van der Waals surface area contributed by atoms with Gasteiger partial charge in [-0.15, -0.1) is 0 Å². The van der Waals surface area contributed by atoms with Gasteiger partial charge in [-0.25, -0.2) is 9.59 Å². The molecule has 0 unspecified atom stereocenters. The van der Waals surface area contributed by atoms with Gasteiger partial charge in [0.15, 0.2) is 12.2 Å². The lowest BCUT2D eigenvalue weighted by atomic mass is 10.1. The number of hydrogen-bond acceptors (Lipinski definition) is 8. The van der Waals surface area contributed by atoms with E-state index in [1.807, 2.05) is 24.3 Å². The number of esters is 2. The largest absolute Gasteiger partial charge is 0.497 e. The topological polar surface area (TPSA) is 89.5 Å². The van der Waals surface area contributed by atoms with Gasteiger partial charge in [0.1, 0.15) is 23.7 Å². The third-order valence-corrected chi connectivity index (χ3v) is 5.55. The first-order valence-electron chi connectivity index (χ1n) is 10.8. The molecule has 0 radical (unpaired) electrons. The molecule has 2 aliphatic heterocycles. The second-order valence-electron chi connectivity index (χ2n) is 7.76. The molecule has 178 valence electrons. The lowest BCUT2D eigenvalue weighted by Gasteiger charge is -2.16. The van der Waals surface area contributed by atoms with E-state index in [2.05, 4.69) is 0 Å². The standard InChI is InChI=1S/C26H26O8/c1-29-19-9-3-17(4-10-19)7-13-23(27)33-21-15-31-26-22(16-32-25(21)26)34-24(28)14-8-18-5-11-20(30-2)12-6-18/h3-14,21-22,25-26H,15-16H2,1-2H3/b13-7-,14-8+/t21-,22+,25-,26-/m1/s1. The van der Waals surface area contributed by atoms with Crippen molar-refractivity contribution in [2.45, 2.75) is 24.4 Å². The Balaban J connectivity index is 1.26. The molecule has 8 heteroatoms. The normalized spacial score (nSPS) is 23.7. The molecular formula is C26H26O8. The molecule has 4 rings (SSSR count). The van der Waals surface area contributed by atoms with Crippen LogP contribution >= 0.6 is 0 Å². The summed E-state index contributed by atoms with van der Waals surface area (Å²) in [6, 6.07) is 14.6. The van der Waals surface area contributed by atoms with Crippen LogP contribution in [0.3, 0.4) is 0 Å². The first-order chi connectivity index (χ1) is 16.6. The third-order valence-electron chi connectivity index (χ3n) is 5.55. The second kappa shape index (κ2) is 11.0. The van der Waals surface area contributed by atoms with E-state index < -0.39 is 36.4 Å². The molecule has 34 heavy (non-hydrogen) atoms. The van der Waals surface area contributed by atoms with Gasteiger partial charge in [0.25, 0.3) is 0 Å². The monoisotopic (exact) mass is 466 g/mol. The summed E-state index contributed by atoms with van der Waals surface area (Å²) in [7, 11) is 3.18. The predicted molar refractivity (Wildman–Crippen MR) is 123 cm³/mol. The Morgan fingerprint density at radius 2 is 1.09 bits per heavy atom. The van der Waals surface area contributed by atoms with E-state index in [0.29, 0.717) is 0 Å². The first-order valence-corrected chi connectivity index (χ1v) is 10.8. The van der Waals surface area contributed by atoms with Crippen LogP contribution in [0.1, 0.15) is 11.1 Å². The maximum Gasteiger partial charge on any atom is 0.331 e. The van der Waals surface area contributed by atoms with Crippen LogP contribution in [0, 0.1) is 0 Å². The highest BCUT2D eigenvalue weighted by Crippen LogP contribution is 2.31. The zero-order valence-electron chi connectivity index (χ0n) is 18.9. The highest BCUT2D eigenvalue weighted by molar-refractivity contribution is 5.87. The lowest BCUT2D eigenvalue weighted by molar-refractivity contribution is -0.149. The van der Waals surface area contributed by atoms with Crippen LogP contribution in [0.4, 0.5) is 0 Å². The van der Waals surface area contributed by atoms with Gasteiger partial charge in [0.05, 0.1) is 27.4 Å². The van der Waals surface area contributed by atoms with E-state index in [0.717, 1.165) is 22.6 Å². The maximum atomic E-state index is 12.3. The number of hydrogen-bond donors (Lipinski definition) is 0. The minimum Gasteiger partial charge on any atom is -0.497 e. The van der Waals surface area contributed by atoms with E-state index in [1.165, 1.54) is 12.2 Å². The Kier molecular flexibility index (Phi) is 7.61. The van der Waals surface area contributed by atoms with Crippen molar-refractivity contribution in [1.82, 2.24) is 0 Å². The van der Waals surface area contributed by atoms with Gasteiger partial charge in [0, 0.05) is 12.2 Å². The van der Waals surface area contributed by atoms with E-state index in [9.17, 15) is 9.59 Å². The van der Waals surface area contributed by atoms with Crippen LogP contribution in [-0.4, -0.2) is 63.8 Å². The second-order valence-corrected chi connectivity index (χ2v) is 7.76. The molecule has 8 nitrogen and oxygen atoms in total. The van der Waals surface area contributed by atoms with E-state index in [-0.39, 0.29) is 13.2 Å². The van der Waals surface area contributed by atoms with Crippen molar-refractivity contribution in [3.8, 4) is 11.5 Å². The molecule has 2 saturated heterocycles. The average molecular weight is 466 g/mol.